The number of hydrogen-bond acceptors (Lipinski definition) is 5. The first kappa shape index (κ1) is 13.6. The standard InChI is InChI=1S/C15H24N4O/c1-3-20-14-6-10(2)17-15(18-14)19-8-11-4-5-13(16)7-12(11)9-19/h6,11-13H,3-5,7-9,16H2,1-2H3/t11-,12+,13?/m1/s1. The quantitative estimate of drug-likeness (QED) is 0.911. The molecule has 1 saturated heterocycles. The fourth-order valence-electron chi connectivity index (χ4n) is 3.52. The molecule has 2 aliphatic rings. The molecule has 110 valence electrons. The van der Waals surface area contributed by atoms with Crippen LogP contribution in [-0.2, 0) is 0 Å². The lowest BCUT2D eigenvalue weighted by Crippen LogP contribution is -2.32. The van der Waals surface area contributed by atoms with Crippen LogP contribution in [-0.4, -0.2) is 35.7 Å². The molecule has 5 nitrogen and oxygen atoms in total. The van der Waals surface area contributed by atoms with Crippen LogP contribution in [0, 0.1) is 18.8 Å². The summed E-state index contributed by atoms with van der Waals surface area (Å²) in [6, 6.07) is 2.28. The number of hydrogen-bond donors (Lipinski definition) is 1. The molecule has 0 bridgehead atoms. The highest BCUT2D eigenvalue weighted by Crippen LogP contribution is 2.37. The van der Waals surface area contributed by atoms with Crippen molar-refractivity contribution in [1.82, 2.24) is 9.97 Å². The van der Waals surface area contributed by atoms with Gasteiger partial charge in [-0.15, -0.1) is 0 Å². The largest absolute Gasteiger partial charge is 0.478 e. The normalized spacial score (nSPS) is 29.4. The number of nitrogens with two attached hydrogens (primary N) is 1. The summed E-state index contributed by atoms with van der Waals surface area (Å²) in [5.74, 6) is 2.96. The van der Waals surface area contributed by atoms with Gasteiger partial charge in [-0.3, -0.25) is 0 Å². The van der Waals surface area contributed by atoms with Gasteiger partial charge in [0.05, 0.1) is 6.61 Å². The summed E-state index contributed by atoms with van der Waals surface area (Å²) in [5, 5.41) is 0. The molecule has 0 amide bonds. The molecule has 2 N–H and O–H groups in total. The van der Waals surface area contributed by atoms with E-state index in [2.05, 4.69) is 14.9 Å². The highest BCUT2D eigenvalue weighted by Gasteiger charge is 2.37. The van der Waals surface area contributed by atoms with Gasteiger partial charge in [0.1, 0.15) is 0 Å². The van der Waals surface area contributed by atoms with Crippen LogP contribution in [0.3, 0.4) is 0 Å². The van der Waals surface area contributed by atoms with Crippen molar-refractivity contribution >= 4 is 5.95 Å². The van der Waals surface area contributed by atoms with E-state index in [-0.39, 0.29) is 0 Å². The molecule has 0 radical (unpaired) electrons. The Morgan fingerprint density at radius 1 is 1.30 bits per heavy atom. The van der Waals surface area contributed by atoms with Gasteiger partial charge in [-0.2, -0.15) is 4.98 Å². The molecule has 5 heteroatoms. The van der Waals surface area contributed by atoms with Crippen molar-refractivity contribution < 1.29 is 4.74 Å². The zero-order valence-corrected chi connectivity index (χ0v) is 12.4. The van der Waals surface area contributed by atoms with Gasteiger partial charge in [-0.05, 0) is 44.9 Å². The van der Waals surface area contributed by atoms with Gasteiger partial charge in [0.15, 0.2) is 0 Å². The third kappa shape index (κ3) is 2.73. The zero-order chi connectivity index (χ0) is 14.1. The molecule has 2 fully saturated rings. The first-order valence-corrected chi connectivity index (χ1v) is 7.64. The van der Waals surface area contributed by atoms with Gasteiger partial charge in [-0.1, -0.05) is 0 Å². The van der Waals surface area contributed by atoms with Gasteiger partial charge >= 0.3 is 0 Å². The summed E-state index contributed by atoms with van der Waals surface area (Å²) in [7, 11) is 0. The molecule has 20 heavy (non-hydrogen) atoms. The predicted molar refractivity (Wildman–Crippen MR) is 79.0 cm³/mol. The van der Waals surface area contributed by atoms with E-state index in [4.69, 9.17) is 10.5 Å². The monoisotopic (exact) mass is 276 g/mol. The second-order valence-corrected chi connectivity index (χ2v) is 6.08. The lowest BCUT2D eigenvalue weighted by Gasteiger charge is -2.27. The molecule has 3 atom stereocenters. The third-order valence-electron chi connectivity index (χ3n) is 4.48. The highest BCUT2D eigenvalue weighted by atomic mass is 16.5. The Balaban J connectivity index is 1.77. The Hall–Kier alpha value is -1.36. The SMILES string of the molecule is CCOc1cc(C)nc(N2C[C@H]3CCC(N)C[C@H]3C2)n1. The first-order chi connectivity index (χ1) is 9.65. The van der Waals surface area contributed by atoms with E-state index in [1.165, 1.54) is 6.42 Å². The molecule has 1 aromatic rings. The van der Waals surface area contributed by atoms with Crippen molar-refractivity contribution in [3.8, 4) is 5.88 Å². The molecule has 1 aliphatic carbocycles. The Kier molecular flexibility index (Phi) is 3.78. The Labute approximate surface area is 120 Å². The summed E-state index contributed by atoms with van der Waals surface area (Å²) >= 11 is 0. The number of aryl methyl sites for hydroxylation is 1. The lowest BCUT2D eigenvalue weighted by atomic mass is 9.79. The van der Waals surface area contributed by atoms with E-state index >= 15 is 0 Å². The summed E-state index contributed by atoms with van der Waals surface area (Å²) < 4.78 is 5.52. The van der Waals surface area contributed by atoms with Crippen LogP contribution in [0.1, 0.15) is 31.9 Å². The molecule has 0 aromatic carbocycles. The second-order valence-electron chi connectivity index (χ2n) is 6.08. The number of rotatable bonds is 3. The Morgan fingerprint density at radius 2 is 2.10 bits per heavy atom. The van der Waals surface area contributed by atoms with Gasteiger partial charge in [0, 0.05) is 30.9 Å². The Morgan fingerprint density at radius 3 is 2.90 bits per heavy atom. The van der Waals surface area contributed by atoms with Crippen molar-refractivity contribution in [1.29, 1.82) is 0 Å². The average Bonchev–Trinajstić information content (AvgIpc) is 2.81. The second kappa shape index (κ2) is 5.56. The fourth-order valence-corrected chi connectivity index (χ4v) is 3.52. The van der Waals surface area contributed by atoms with Gasteiger partial charge in [0.25, 0.3) is 0 Å². The number of ether oxygens (including phenoxy) is 1. The number of nitrogens with zero attached hydrogens (tertiary/aromatic N) is 3. The van der Waals surface area contributed by atoms with E-state index in [0.717, 1.165) is 43.5 Å². The predicted octanol–water partition coefficient (Wildman–Crippen LogP) is 1.75. The molecule has 3 rings (SSSR count). The molecular formula is C15H24N4O. The van der Waals surface area contributed by atoms with E-state index in [0.29, 0.717) is 24.4 Å². The van der Waals surface area contributed by atoms with E-state index in [1.807, 2.05) is 19.9 Å². The molecular weight excluding hydrogens is 252 g/mol. The summed E-state index contributed by atoms with van der Waals surface area (Å²) in [6.45, 7) is 6.70. The summed E-state index contributed by atoms with van der Waals surface area (Å²) in [6.07, 6.45) is 3.55. The van der Waals surface area contributed by atoms with Crippen LogP contribution in [0.5, 0.6) is 5.88 Å². The smallest absolute Gasteiger partial charge is 0.228 e. The molecule has 2 heterocycles. The van der Waals surface area contributed by atoms with Crippen LogP contribution in [0.15, 0.2) is 6.07 Å². The van der Waals surface area contributed by atoms with Gasteiger partial charge < -0.3 is 15.4 Å². The number of fused-ring (bicyclic) bond motifs is 1. The topological polar surface area (TPSA) is 64.3 Å². The maximum absolute atomic E-state index is 6.09. The van der Waals surface area contributed by atoms with E-state index in [1.54, 1.807) is 0 Å². The molecule has 1 saturated carbocycles. The maximum Gasteiger partial charge on any atom is 0.228 e. The highest BCUT2D eigenvalue weighted by molar-refractivity contribution is 5.36. The Bertz CT molecular complexity index is 479. The van der Waals surface area contributed by atoms with Gasteiger partial charge in [-0.25, -0.2) is 4.98 Å². The summed E-state index contributed by atoms with van der Waals surface area (Å²) in [4.78, 5) is 11.4. The average molecular weight is 276 g/mol. The minimum Gasteiger partial charge on any atom is -0.478 e. The van der Waals surface area contributed by atoms with Crippen molar-refractivity contribution in [2.24, 2.45) is 17.6 Å². The lowest BCUT2D eigenvalue weighted by molar-refractivity contribution is 0.271. The van der Waals surface area contributed by atoms with Crippen LogP contribution in [0.2, 0.25) is 0 Å². The molecule has 1 aromatic heterocycles. The zero-order valence-electron chi connectivity index (χ0n) is 12.4. The van der Waals surface area contributed by atoms with Crippen LogP contribution in [0.25, 0.3) is 0 Å². The van der Waals surface area contributed by atoms with Crippen LogP contribution < -0.4 is 15.4 Å². The van der Waals surface area contributed by atoms with Gasteiger partial charge in [0.2, 0.25) is 11.8 Å². The van der Waals surface area contributed by atoms with Crippen LogP contribution in [0.4, 0.5) is 5.95 Å². The van der Waals surface area contributed by atoms with Crippen molar-refractivity contribution in [2.45, 2.75) is 39.2 Å². The summed E-state index contributed by atoms with van der Waals surface area (Å²) in [5.41, 5.74) is 7.06. The minimum atomic E-state index is 0.383. The van der Waals surface area contributed by atoms with Crippen molar-refractivity contribution in [3.05, 3.63) is 11.8 Å². The van der Waals surface area contributed by atoms with Crippen molar-refractivity contribution in [3.63, 3.8) is 0 Å². The molecule has 1 unspecified atom stereocenters. The fraction of sp³-hybridized carbons (Fsp3) is 0.733. The minimum absolute atomic E-state index is 0.383. The van der Waals surface area contributed by atoms with E-state index < -0.39 is 0 Å². The van der Waals surface area contributed by atoms with Crippen molar-refractivity contribution in [2.75, 3.05) is 24.6 Å². The maximum atomic E-state index is 6.09. The van der Waals surface area contributed by atoms with Crippen LogP contribution >= 0.6 is 0 Å². The third-order valence-corrected chi connectivity index (χ3v) is 4.48. The number of anilines is 1. The van der Waals surface area contributed by atoms with E-state index in [9.17, 15) is 0 Å². The molecule has 0 spiro atoms. The number of aromatic nitrogens is 2. The first-order valence-electron chi connectivity index (χ1n) is 7.64. The molecule has 1 aliphatic heterocycles.